The van der Waals surface area contributed by atoms with Crippen molar-refractivity contribution in [1.82, 2.24) is 5.43 Å². The summed E-state index contributed by atoms with van der Waals surface area (Å²) >= 11 is 4.52. The van der Waals surface area contributed by atoms with Crippen molar-refractivity contribution >= 4 is 23.5 Å². The van der Waals surface area contributed by atoms with Crippen LogP contribution < -0.4 is 11.2 Å². The first-order chi connectivity index (χ1) is 5.16. The first kappa shape index (κ1) is 10.3. The average molecular weight is 175 g/mol. The molecule has 1 atom stereocenters. The number of nitrogens with zero attached hydrogens (tertiary/aromatic N) is 1. The normalized spacial score (nSPS) is 13.3. The second-order valence-electron chi connectivity index (χ2n) is 2.07. The van der Waals surface area contributed by atoms with E-state index in [1.54, 1.807) is 13.3 Å². The van der Waals surface area contributed by atoms with E-state index < -0.39 is 0 Å². The fourth-order valence-electron chi connectivity index (χ4n) is 0.407. The number of hydrogen-bond acceptors (Lipinski definition) is 3. The van der Waals surface area contributed by atoms with Crippen LogP contribution in [0.1, 0.15) is 13.3 Å². The standard InChI is InChI=1S/C6H13N3OS/c1-5(10-2)3-4-8-9-6(7)11/h4-5H,3H2,1-2H3,(H3,7,9,11)/b8-4+/t5-/m1/s1. The zero-order valence-electron chi connectivity index (χ0n) is 6.70. The smallest absolute Gasteiger partial charge is 0.184 e. The van der Waals surface area contributed by atoms with Crippen molar-refractivity contribution in [2.75, 3.05) is 7.11 Å². The van der Waals surface area contributed by atoms with E-state index in [0.717, 1.165) is 6.42 Å². The fraction of sp³-hybridized carbons (Fsp3) is 0.667. The van der Waals surface area contributed by atoms with Gasteiger partial charge in [0.25, 0.3) is 0 Å². The van der Waals surface area contributed by atoms with Gasteiger partial charge in [-0.25, -0.2) is 0 Å². The minimum absolute atomic E-state index is 0.173. The van der Waals surface area contributed by atoms with Crippen LogP contribution in [0.5, 0.6) is 0 Å². The summed E-state index contributed by atoms with van der Waals surface area (Å²) in [7, 11) is 1.65. The number of thiocarbonyl (C=S) groups is 1. The predicted octanol–water partition coefficient (Wildman–Crippen LogP) is 0.230. The lowest BCUT2D eigenvalue weighted by Gasteiger charge is -2.03. The molecule has 0 saturated carbocycles. The molecule has 11 heavy (non-hydrogen) atoms. The molecule has 4 nitrogen and oxygen atoms in total. The molecule has 0 radical (unpaired) electrons. The van der Waals surface area contributed by atoms with Crippen molar-refractivity contribution < 1.29 is 4.74 Å². The maximum atomic E-state index is 5.12. The zero-order valence-corrected chi connectivity index (χ0v) is 7.52. The maximum Gasteiger partial charge on any atom is 0.184 e. The van der Waals surface area contributed by atoms with E-state index in [1.165, 1.54) is 0 Å². The van der Waals surface area contributed by atoms with E-state index >= 15 is 0 Å². The number of hydrogen-bond donors (Lipinski definition) is 2. The first-order valence-electron chi connectivity index (χ1n) is 3.26. The Hall–Kier alpha value is -0.680. The number of nitrogens with two attached hydrogens (primary N) is 1. The maximum absolute atomic E-state index is 5.12. The molecule has 0 heterocycles. The molecule has 64 valence electrons. The van der Waals surface area contributed by atoms with E-state index in [9.17, 15) is 0 Å². The lowest BCUT2D eigenvalue weighted by atomic mass is 10.3. The van der Waals surface area contributed by atoms with Crippen LogP contribution in [0, 0.1) is 0 Å². The minimum Gasteiger partial charge on any atom is -0.381 e. The summed E-state index contributed by atoms with van der Waals surface area (Å²) in [6, 6.07) is 0. The van der Waals surface area contributed by atoms with Crippen LogP contribution in [0.4, 0.5) is 0 Å². The molecule has 3 N–H and O–H groups in total. The SMILES string of the molecule is CO[C@H](C)C/C=N/NC(N)=S. The van der Waals surface area contributed by atoms with Gasteiger partial charge in [0.2, 0.25) is 0 Å². The Bertz CT molecular complexity index is 149. The molecule has 0 amide bonds. The summed E-state index contributed by atoms with van der Waals surface area (Å²) in [6.45, 7) is 1.95. The molecule has 0 aliphatic heterocycles. The topological polar surface area (TPSA) is 59.6 Å². The van der Waals surface area contributed by atoms with E-state index in [-0.39, 0.29) is 11.2 Å². The molecule has 0 rings (SSSR count). The summed E-state index contributed by atoms with van der Waals surface area (Å²) in [5.41, 5.74) is 7.57. The lowest BCUT2D eigenvalue weighted by molar-refractivity contribution is 0.125. The second kappa shape index (κ2) is 6.06. The third-order valence-corrected chi connectivity index (χ3v) is 1.20. The Labute approximate surface area is 71.8 Å². The average Bonchev–Trinajstić information content (AvgIpc) is 1.97. The molecular formula is C6H13N3OS. The molecule has 0 spiro atoms. The van der Waals surface area contributed by atoms with Gasteiger partial charge in [0.15, 0.2) is 5.11 Å². The molecule has 0 unspecified atom stereocenters. The largest absolute Gasteiger partial charge is 0.381 e. The second-order valence-corrected chi connectivity index (χ2v) is 2.51. The van der Waals surface area contributed by atoms with Gasteiger partial charge in [0, 0.05) is 19.7 Å². The Kier molecular flexibility index (Phi) is 5.68. The summed E-state index contributed by atoms with van der Waals surface area (Å²) < 4.78 is 4.97. The molecule has 0 aromatic rings. The van der Waals surface area contributed by atoms with Gasteiger partial charge in [0.1, 0.15) is 0 Å². The van der Waals surface area contributed by atoms with Crippen molar-refractivity contribution in [1.29, 1.82) is 0 Å². The van der Waals surface area contributed by atoms with Gasteiger partial charge in [0.05, 0.1) is 6.10 Å². The summed E-state index contributed by atoms with van der Waals surface area (Å²) in [6.07, 6.45) is 2.59. The van der Waals surface area contributed by atoms with Gasteiger partial charge < -0.3 is 10.5 Å². The van der Waals surface area contributed by atoms with Gasteiger partial charge >= 0.3 is 0 Å². The lowest BCUT2D eigenvalue weighted by Crippen LogP contribution is -2.24. The Morgan fingerprint density at radius 3 is 3.00 bits per heavy atom. The highest BCUT2D eigenvalue weighted by Crippen LogP contribution is 1.90. The molecule has 0 aromatic carbocycles. The van der Waals surface area contributed by atoms with E-state index in [2.05, 4.69) is 22.7 Å². The van der Waals surface area contributed by atoms with Crippen molar-refractivity contribution in [2.24, 2.45) is 10.8 Å². The Morgan fingerprint density at radius 2 is 2.55 bits per heavy atom. The molecule has 0 saturated heterocycles. The Balaban J connectivity index is 3.36. The fourth-order valence-corrected chi connectivity index (χ4v) is 0.459. The van der Waals surface area contributed by atoms with Crippen LogP contribution in [0.2, 0.25) is 0 Å². The van der Waals surface area contributed by atoms with Crippen LogP contribution in [-0.2, 0) is 4.74 Å². The molecule has 0 fully saturated rings. The molecule has 0 aliphatic rings. The predicted molar refractivity (Wildman–Crippen MR) is 49.5 cm³/mol. The van der Waals surface area contributed by atoms with E-state index in [0.29, 0.717) is 0 Å². The number of hydrazone groups is 1. The molecule has 0 aliphatic carbocycles. The third kappa shape index (κ3) is 7.21. The van der Waals surface area contributed by atoms with Crippen LogP contribution >= 0.6 is 12.2 Å². The highest BCUT2D eigenvalue weighted by molar-refractivity contribution is 7.80. The molecule has 0 aromatic heterocycles. The molecule has 5 heteroatoms. The monoisotopic (exact) mass is 175 g/mol. The van der Waals surface area contributed by atoms with Crippen molar-refractivity contribution in [3.63, 3.8) is 0 Å². The third-order valence-electron chi connectivity index (χ3n) is 1.11. The zero-order chi connectivity index (χ0) is 8.69. The van der Waals surface area contributed by atoms with Crippen molar-refractivity contribution in [3.05, 3.63) is 0 Å². The van der Waals surface area contributed by atoms with Gasteiger partial charge in [-0.05, 0) is 19.1 Å². The summed E-state index contributed by atoms with van der Waals surface area (Å²) in [5, 5.41) is 3.91. The van der Waals surface area contributed by atoms with Crippen molar-refractivity contribution in [3.8, 4) is 0 Å². The van der Waals surface area contributed by atoms with Crippen LogP contribution in [0.3, 0.4) is 0 Å². The van der Waals surface area contributed by atoms with Crippen LogP contribution in [-0.4, -0.2) is 24.5 Å². The number of methoxy groups -OCH3 is 1. The van der Waals surface area contributed by atoms with E-state index in [4.69, 9.17) is 10.5 Å². The quantitative estimate of drug-likeness (QED) is 0.365. The van der Waals surface area contributed by atoms with Crippen molar-refractivity contribution in [2.45, 2.75) is 19.4 Å². The number of ether oxygens (including phenoxy) is 1. The number of rotatable bonds is 4. The van der Waals surface area contributed by atoms with Gasteiger partial charge in [-0.15, -0.1) is 0 Å². The minimum atomic E-state index is 0.173. The van der Waals surface area contributed by atoms with Gasteiger partial charge in [-0.1, -0.05) is 0 Å². The summed E-state index contributed by atoms with van der Waals surface area (Å²) in [4.78, 5) is 0. The van der Waals surface area contributed by atoms with Gasteiger partial charge in [-0.2, -0.15) is 5.10 Å². The Morgan fingerprint density at radius 1 is 1.91 bits per heavy atom. The first-order valence-corrected chi connectivity index (χ1v) is 3.67. The van der Waals surface area contributed by atoms with Gasteiger partial charge in [-0.3, -0.25) is 5.43 Å². The molecule has 0 bridgehead atoms. The highest BCUT2D eigenvalue weighted by atomic mass is 32.1. The summed E-state index contributed by atoms with van der Waals surface area (Å²) in [5.74, 6) is 0. The number of nitrogens with one attached hydrogen (secondary N) is 1. The van der Waals surface area contributed by atoms with Crippen LogP contribution in [0.15, 0.2) is 5.10 Å². The highest BCUT2D eigenvalue weighted by Gasteiger charge is 1.93. The van der Waals surface area contributed by atoms with Crippen LogP contribution in [0.25, 0.3) is 0 Å². The molecular weight excluding hydrogens is 162 g/mol. The van der Waals surface area contributed by atoms with E-state index in [1.807, 2.05) is 6.92 Å².